The first-order chi connectivity index (χ1) is 23.3. The number of anilines is 1. The Kier molecular flexibility index (Phi) is 12.3. The summed E-state index contributed by atoms with van der Waals surface area (Å²) in [5, 5.41) is 3.24. The van der Waals surface area contributed by atoms with Crippen LogP contribution in [0.5, 0.6) is 5.75 Å². The zero-order valence-corrected chi connectivity index (χ0v) is 29.5. The Hall–Kier alpha value is -4.15. The third-order valence-corrected chi connectivity index (χ3v) is 10.8. The van der Waals surface area contributed by atoms with E-state index >= 15 is 0 Å². The largest absolute Gasteiger partial charge is 0.492 e. The van der Waals surface area contributed by atoms with Gasteiger partial charge in [0, 0.05) is 23.5 Å². The van der Waals surface area contributed by atoms with Gasteiger partial charge in [-0.1, -0.05) is 108 Å². The van der Waals surface area contributed by atoms with Crippen LogP contribution in [0.25, 0.3) is 0 Å². The van der Waals surface area contributed by atoms with Gasteiger partial charge in [0.05, 0.1) is 17.2 Å². The first kappa shape index (κ1) is 35.2. The maximum atomic E-state index is 14.8. The number of halogens is 1. The van der Waals surface area contributed by atoms with Crippen LogP contribution in [0.2, 0.25) is 0 Å². The lowest BCUT2D eigenvalue weighted by Gasteiger charge is -2.35. The molecule has 4 aromatic carbocycles. The van der Waals surface area contributed by atoms with Crippen molar-refractivity contribution >= 4 is 43.5 Å². The molecule has 8 nitrogen and oxygen atoms in total. The molecule has 5 rings (SSSR count). The number of amides is 2. The second-order valence-electron chi connectivity index (χ2n) is 11.9. The number of sulfonamides is 1. The maximum absolute atomic E-state index is 14.8. The zero-order valence-electron chi connectivity index (χ0n) is 27.1. The van der Waals surface area contributed by atoms with Crippen LogP contribution < -0.4 is 14.4 Å². The van der Waals surface area contributed by atoms with Crippen molar-refractivity contribution in [2.24, 2.45) is 0 Å². The van der Waals surface area contributed by atoms with Crippen molar-refractivity contribution in [1.29, 1.82) is 0 Å². The summed E-state index contributed by atoms with van der Waals surface area (Å²) in [7, 11) is -4.23. The quantitative estimate of drug-likeness (QED) is 0.149. The Morgan fingerprint density at radius 3 is 2.12 bits per heavy atom. The molecule has 0 radical (unpaired) electrons. The topological polar surface area (TPSA) is 96.0 Å². The normalized spacial score (nSPS) is 14.1. The van der Waals surface area contributed by atoms with Crippen LogP contribution in [0, 0.1) is 0 Å². The van der Waals surface area contributed by atoms with Gasteiger partial charge in [-0.05, 0) is 67.3 Å². The highest BCUT2D eigenvalue weighted by Crippen LogP contribution is 2.33. The summed E-state index contributed by atoms with van der Waals surface area (Å²) in [6.07, 6.45) is 5.28. The predicted octanol–water partition coefficient (Wildman–Crippen LogP) is 7.13. The van der Waals surface area contributed by atoms with Crippen LogP contribution in [-0.2, 0) is 32.6 Å². The SMILES string of the molecule is CCOc1ccccc1N(CC(=O)N(Cc1ccc(Br)cc1)[C@@H](Cc1ccccc1)C(=O)NC1CCCCC1)S(=O)(=O)c1ccccc1. The summed E-state index contributed by atoms with van der Waals surface area (Å²) in [5.74, 6) is -0.422. The van der Waals surface area contributed by atoms with Crippen LogP contribution in [0.1, 0.15) is 50.2 Å². The van der Waals surface area contributed by atoms with Gasteiger partial charge in [0.2, 0.25) is 11.8 Å². The number of ether oxygens (including phenoxy) is 1. The minimum atomic E-state index is -4.23. The number of carbonyl (C=O) groups is 2. The van der Waals surface area contributed by atoms with E-state index in [2.05, 4.69) is 21.2 Å². The molecular formula is C38H42BrN3O5S. The molecule has 0 aliphatic heterocycles. The van der Waals surface area contributed by atoms with Gasteiger partial charge in [-0.15, -0.1) is 0 Å². The molecule has 1 aliphatic rings. The molecule has 48 heavy (non-hydrogen) atoms. The van der Waals surface area contributed by atoms with Crippen LogP contribution in [0.15, 0.2) is 119 Å². The van der Waals surface area contributed by atoms with Gasteiger partial charge in [-0.2, -0.15) is 0 Å². The van der Waals surface area contributed by atoms with Gasteiger partial charge in [-0.3, -0.25) is 13.9 Å². The van der Waals surface area contributed by atoms with Gasteiger partial charge < -0.3 is 15.0 Å². The molecule has 10 heteroatoms. The number of nitrogens with one attached hydrogen (secondary N) is 1. The third kappa shape index (κ3) is 9.05. The van der Waals surface area contributed by atoms with Crippen LogP contribution in [0.4, 0.5) is 5.69 Å². The average Bonchev–Trinajstić information content (AvgIpc) is 3.11. The van der Waals surface area contributed by atoms with Crippen LogP contribution >= 0.6 is 15.9 Å². The van der Waals surface area contributed by atoms with Gasteiger partial charge >= 0.3 is 0 Å². The maximum Gasteiger partial charge on any atom is 0.264 e. The Labute approximate surface area is 292 Å². The smallest absolute Gasteiger partial charge is 0.264 e. The zero-order chi connectivity index (χ0) is 33.9. The second-order valence-corrected chi connectivity index (χ2v) is 14.7. The number of rotatable bonds is 14. The fourth-order valence-electron chi connectivity index (χ4n) is 6.06. The molecule has 1 N–H and O–H groups in total. The highest BCUT2D eigenvalue weighted by atomic mass is 79.9. The molecule has 4 aromatic rings. The molecule has 0 saturated heterocycles. The van der Waals surface area contributed by atoms with E-state index < -0.39 is 28.5 Å². The van der Waals surface area contributed by atoms with E-state index in [0.717, 1.165) is 52.0 Å². The molecule has 0 bridgehead atoms. The minimum Gasteiger partial charge on any atom is -0.492 e. The summed E-state index contributed by atoms with van der Waals surface area (Å²) in [4.78, 5) is 30.6. The summed E-state index contributed by atoms with van der Waals surface area (Å²) >= 11 is 3.48. The first-order valence-electron chi connectivity index (χ1n) is 16.4. The molecule has 1 aliphatic carbocycles. The molecular weight excluding hydrogens is 690 g/mol. The number of benzene rings is 4. The van der Waals surface area contributed by atoms with Gasteiger partial charge in [0.25, 0.3) is 10.0 Å². The molecule has 1 saturated carbocycles. The lowest BCUT2D eigenvalue weighted by atomic mass is 9.94. The lowest BCUT2D eigenvalue weighted by molar-refractivity contribution is -0.140. The highest BCUT2D eigenvalue weighted by Gasteiger charge is 2.36. The molecule has 0 spiro atoms. The molecule has 0 unspecified atom stereocenters. The Balaban J connectivity index is 1.58. The monoisotopic (exact) mass is 731 g/mol. The van der Waals surface area contributed by atoms with E-state index in [1.807, 2.05) is 61.5 Å². The molecule has 1 fully saturated rings. The van der Waals surface area contributed by atoms with E-state index in [1.165, 1.54) is 17.0 Å². The van der Waals surface area contributed by atoms with Gasteiger partial charge in [0.15, 0.2) is 0 Å². The predicted molar refractivity (Wildman–Crippen MR) is 192 cm³/mol. The highest BCUT2D eigenvalue weighted by molar-refractivity contribution is 9.10. The Morgan fingerprint density at radius 2 is 1.46 bits per heavy atom. The van der Waals surface area contributed by atoms with Crippen molar-refractivity contribution in [1.82, 2.24) is 10.2 Å². The van der Waals surface area contributed by atoms with Crippen molar-refractivity contribution < 1.29 is 22.7 Å². The average molecular weight is 733 g/mol. The number of para-hydroxylation sites is 2. The summed E-state index contributed by atoms with van der Waals surface area (Å²) < 4.78 is 36.5. The van der Waals surface area contributed by atoms with Crippen LogP contribution in [0.3, 0.4) is 0 Å². The Morgan fingerprint density at radius 1 is 0.833 bits per heavy atom. The summed E-state index contributed by atoms with van der Waals surface area (Å²) in [6, 6.07) is 31.1. The van der Waals surface area contributed by atoms with Crippen molar-refractivity contribution in [3.63, 3.8) is 0 Å². The van der Waals surface area contributed by atoms with Crippen molar-refractivity contribution in [2.45, 2.75) is 69.0 Å². The minimum absolute atomic E-state index is 0.0298. The Bertz CT molecular complexity index is 1750. The van der Waals surface area contributed by atoms with E-state index in [9.17, 15) is 18.0 Å². The number of carbonyl (C=O) groups excluding carboxylic acids is 2. The van der Waals surface area contributed by atoms with Crippen molar-refractivity contribution in [3.8, 4) is 5.75 Å². The molecule has 2 amide bonds. The second kappa shape index (κ2) is 16.8. The number of hydrogen-bond acceptors (Lipinski definition) is 5. The standard InChI is InChI=1S/C38H42BrN3O5S/c1-2-47-36-21-13-12-20-34(36)42(48(45,46)33-18-10-5-11-19-33)28-37(43)41(27-30-22-24-31(39)25-23-30)35(26-29-14-6-3-7-15-29)38(44)40-32-16-8-4-9-17-32/h3,5-7,10-15,18-25,32,35H,2,4,8-9,16-17,26-28H2,1H3,(H,40,44)/t35-/m0/s1. The molecule has 1 atom stereocenters. The van der Waals surface area contributed by atoms with Crippen molar-refractivity contribution in [3.05, 3.63) is 125 Å². The van der Waals surface area contributed by atoms with E-state index in [1.54, 1.807) is 42.5 Å². The third-order valence-electron chi connectivity index (χ3n) is 8.53. The van der Waals surface area contributed by atoms with Gasteiger partial charge in [-0.25, -0.2) is 8.42 Å². The summed E-state index contributed by atoms with van der Waals surface area (Å²) in [6.45, 7) is 1.69. The molecule has 0 heterocycles. The number of nitrogens with zero attached hydrogens (tertiary/aromatic N) is 2. The van der Waals surface area contributed by atoms with E-state index in [0.29, 0.717) is 12.4 Å². The number of hydrogen-bond donors (Lipinski definition) is 1. The summed E-state index contributed by atoms with van der Waals surface area (Å²) in [5.41, 5.74) is 1.94. The first-order valence-corrected chi connectivity index (χ1v) is 18.7. The van der Waals surface area contributed by atoms with E-state index in [4.69, 9.17) is 4.74 Å². The molecule has 252 valence electrons. The lowest BCUT2D eigenvalue weighted by Crippen LogP contribution is -2.55. The van der Waals surface area contributed by atoms with Crippen LogP contribution in [-0.4, -0.2) is 50.4 Å². The fourth-order valence-corrected chi connectivity index (χ4v) is 7.77. The van der Waals surface area contributed by atoms with Crippen molar-refractivity contribution in [2.75, 3.05) is 17.5 Å². The van der Waals surface area contributed by atoms with Gasteiger partial charge in [0.1, 0.15) is 18.3 Å². The van der Waals surface area contributed by atoms with E-state index in [-0.39, 0.29) is 35.5 Å². The fraction of sp³-hybridized carbons (Fsp3) is 0.316. The molecule has 0 aromatic heterocycles.